The summed E-state index contributed by atoms with van der Waals surface area (Å²) in [5, 5.41) is 3.18. The predicted octanol–water partition coefficient (Wildman–Crippen LogP) is 4.44. The van der Waals surface area contributed by atoms with Crippen molar-refractivity contribution in [2.24, 2.45) is 0 Å². The summed E-state index contributed by atoms with van der Waals surface area (Å²) in [5.41, 5.74) is 2.64. The van der Waals surface area contributed by atoms with Crippen LogP contribution < -0.4 is 14.8 Å². The molecule has 138 valence electrons. The van der Waals surface area contributed by atoms with Crippen molar-refractivity contribution in [3.05, 3.63) is 59.7 Å². The van der Waals surface area contributed by atoms with Gasteiger partial charge >= 0.3 is 0 Å². The molecule has 4 nitrogen and oxygen atoms in total. The molecule has 0 unspecified atom stereocenters. The first-order chi connectivity index (χ1) is 12.8. The molecular weight excluding hydrogens is 326 g/mol. The average Bonchev–Trinajstić information content (AvgIpc) is 2.67. The maximum atomic E-state index is 12.3. The Balaban J connectivity index is 1.40. The van der Waals surface area contributed by atoms with Gasteiger partial charge in [0.2, 0.25) is 5.91 Å². The summed E-state index contributed by atoms with van der Waals surface area (Å²) in [4.78, 5) is 12.3. The highest BCUT2D eigenvalue weighted by Crippen LogP contribution is 2.29. The second-order valence-electron chi connectivity index (χ2n) is 6.57. The van der Waals surface area contributed by atoms with Crippen LogP contribution in [0.1, 0.15) is 49.8 Å². The summed E-state index contributed by atoms with van der Waals surface area (Å²) < 4.78 is 11.1. The molecule has 0 spiro atoms. The first-order valence-corrected chi connectivity index (χ1v) is 9.49. The highest BCUT2D eigenvalue weighted by Gasteiger charge is 2.20. The van der Waals surface area contributed by atoms with Crippen molar-refractivity contribution < 1.29 is 14.3 Å². The molecule has 0 aliphatic heterocycles. The molecule has 26 heavy (non-hydrogen) atoms. The Hall–Kier alpha value is -2.49. The van der Waals surface area contributed by atoms with Gasteiger partial charge in [-0.3, -0.25) is 4.79 Å². The number of amides is 1. The number of carbonyl (C=O) groups is 1. The molecule has 1 aliphatic rings. The van der Waals surface area contributed by atoms with Crippen molar-refractivity contribution in [3.8, 4) is 11.5 Å². The summed E-state index contributed by atoms with van der Waals surface area (Å²) in [6.45, 7) is 3.14. The number of hydrogen-bond acceptors (Lipinski definition) is 3. The summed E-state index contributed by atoms with van der Waals surface area (Å²) in [6.07, 6.45) is 4.44. The second-order valence-corrected chi connectivity index (χ2v) is 6.57. The minimum Gasteiger partial charge on any atom is -0.494 e. The van der Waals surface area contributed by atoms with Crippen LogP contribution in [0.15, 0.2) is 48.5 Å². The third-order valence-corrected chi connectivity index (χ3v) is 4.66. The molecule has 0 saturated carbocycles. The number of hydrogen-bond donors (Lipinski definition) is 1. The van der Waals surface area contributed by atoms with E-state index in [0.717, 1.165) is 30.8 Å². The molecule has 1 aliphatic carbocycles. The first-order valence-electron chi connectivity index (χ1n) is 9.49. The van der Waals surface area contributed by atoms with Gasteiger partial charge in [0.25, 0.3) is 0 Å². The van der Waals surface area contributed by atoms with Crippen molar-refractivity contribution in [1.82, 2.24) is 5.32 Å². The molecule has 0 aromatic heterocycles. The van der Waals surface area contributed by atoms with Gasteiger partial charge in [-0.05, 0) is 68.0 Å². The second kappa shape index (κ2) is 9.27. The molecule has 0 radical (unpaired) electrons. The number of nitrogens with one attached hydrogen (secondary N) is 1. The molecule has 0 heterocycles. The minimum absolute atomic E-state index is 0.0991. The summed E-state index contributed by atoms with van der Waals surface area (Å²) >= 11 is 0. The van der Waals surface area contributed by atoms with Gasteiger partial charge in [0, 0.05) is 6.42 Å². The van der Waals surface area contributed by atoms with Crippen molar-refractivity contribution in [2.45, 2.75) is 45.1 Å². The molecule has 1 atom stereocenters. The summed E-state index contributed by atoms with van der Waals surface area (Å²) in [6, 6.07) is 16.1. The van der Waals surface area contributed by atoms with Crippen molar-refractivity contribution in [2.75, 3.05) is 13.2 Å². The van der Waals surface area contributed by atoms with Gasteiger partial charge in [-0.2, -0.15) is 0 Å². The van der Waals surface area contributed by atoms with Crippen LogP contribution in [-0.4, -0.2) is 19.1 Å². The fourth-order valence-electron chi connectivity index (χ4n) is 3.39. The highest BCUT2D eigenvalue weighted by atomic mass is 16.5. The van der Waals surface area contributed by atoms with Crippen LogP contribution >= 0.6 is 0 Å². The van der Waals surface area contributed by atoms with E-state index in [0.29, 0.717) is 26.1 Å². The molecule has 4 heteroatoms. The van der Waals surface area contributed by atoms with Crippen LogP contribution in [0.25, 0.3) is 0 Å². The molecule has 1 amide bonds. The van der Waals surface area contributed by atoms with Crippen LogP contribution in [0.3, 0.4) is 0 Å². The van der Waals surface area contributed by atoms with E-state index in [2.05, 4.69) is 23.5 Å². The van der Waals surface area contributed by atoms with Gasteiger partial charge in [0.05, 0.1) is 19.3 Å². The van der Waals surface area contributed by atoms with Crippen molar-refractivity contribution in [1.29, 1.82) is 0 Å². The third kappa shape index (κ3) is 5.01. The lowest BCUT2D eigenvalue weighted by Crippen LogP contribution is -2.31. The smallest absolute Gasteiger partial charge is 0.220 e. The van der Waals surface area contributed by atoms with Gasteiger partial charge in [-0.1, -0.05) is 24.3 Å². The zero-order valence-electron chi connectivity index (χ0n) is 15.4. The van der Waals surface area contributed by atoms with E-state index in [1.165, 1.54) is 11.1 Å². The Morgan fingerprint density at radius 1 is 1.08 bits per heavy atom. The lowest BCUT2D eigenvalue weighted by Gasteiger charge is -2.26. The Morgan fingerprint density at radius 2 is 1.81 bits per heavy atom. The van der Waals surface area contributed by atoms with Gasteiger partial charge < -0.3 is 14.8 Å². The quantitative estimate of drug-likeness (QED) is 0.714. The van der Waals surface area contributed by atoms with Crippen LogP contribution in [0.2, 0.25) is 0 Å². The van der Waals surface area contributed by atoms with E-state index in [1.54, 1.807) is 0 Å². The van der Waals surface area contributed by atoms with Crippen molar-refractivity contribution in [3.63, 3.8) is 0 Å². The molecule has 0 fully saturated rings. The number of carbonyl (C=O) groups excluding carboxylic acids is 1. The lowest BCUT2D eigenvalue weighted by atomic mass is 9.87. The largest absolute Gasteiger partial charge is 0.494 e. The number of fused-ring (bicyclic) bond motifs is 1. The number of aryl methyl sites for hydroxylation is 1. The third-order valence-electron chi connectivity index (χ3n) is 4.66. The molecular formula is C22H27NO3. The normalized spacial score (nSPS) is 15.8. The van der Waals surface area contributed by atoms with Crippen molar-refractivity contribution >= 4 is 5.91 Å². The van der Waals surface area contributed by atoms with Gasteiger partial charge in [-0.15, -0.1) is 0 Å². The summed E-state index contributed by atoms with van der Waals surface area (Å²) in [7, 11) is 0. The van der Waals surface area contributed by atoms with Crippen LogP contribution in [0.5, 0.6) is 11.5 Å². The van der Waals surface area contributed by atoms with E-state index in [1.807, 2.05) is 37.3 Å². The number of benzene rings is 2. The van der Waals surface area contributed by atoms with Gasteiger partial charge in [0.15, 0.2) is 0 Å². The van der Waals surface area contributed by atoms with Crippen LogP contribution in [-0.2, 0) is 11.2 Å². The molecule has 1 N–H and O–H groups in total. The Labute approximate surface area is 155 Å². The monoisotopic (exact) mass is 353 g/mol. The molecule has 3 rings (SSSR count). The molecule has 0 bridgehead atoms. The van der Waals surface area contributed by atoms with E-state index in [4.69, 9.17) is 9.47 Å². The average molecular weight is 353 g/mol. The SMILES string of the molecule is CCOc1ccc(OCCCC(=O)N[C@H]2CCCc3ccccc32)cc1. The maximum Gasteiger partial charge on any atom is 0.220 e. The zero-order valence-corrected chi connectivity index (χ0v) is 15.4. The fraction of sp³-hybridized carbons (Fsp3) is 0.409. The van der Waals surface area contributed by atoms with Crippen LogP contribution in [0, 0.1) is 0 Å². The van der Waals surface area contributed by atoms with Crippen LogP contribution in [0.4, 0.5) is 0 Å². The maximum absolute atomic E-state index is 12.3. The number of ether oxygens (including phenoxy) is 2. The first kappa shape index (κ1) is 18.3. The van der Waals surface area contributed by atoms with Gasteiger partial charge in [-0.25, -0.2) is 0 Å². The predicted molar refractivity (Wildman–Crippen MR) is 103 cm³/mol. The lowest BCUT2D eigenvalue weighted by molar-refractivity contribution is -0.122. The fourth-order valence-corrected chi connectivity index (χ4v) is 3.39. The molecule has 2 aromatic carbocycles. The topological polar surface area (TPSA) is 47.6 Å². The Kier molecular flexibility index (Phi) is 6.53. The highest BCUT2D eigenvalue weighted by molar-refractivity contribution is 5.76. The van der Waals surface area contributed by atoms with Gasteiger partial charge in [0.1, 0.15) is 11.5 Å². The van der Waals surface area contributed by atoms with E-state index < -0.39 is 0 Å². The Morgan fingerprint density at radius 3 is 2.58 bits per heavy atom. The summed E-state index contributed by atoms with van der Waals surface area (Å²) in [5.74, 6) is 1.74. The number of rotatable bonds is 8. The van der Waals surface area contributed by atoms with E-state index in [9.17, 15) is 4.79 Å². The minimum atomic E-state index is 0.0991. The zero-order chi connectivity index (χ0) is 18.2. The molecule has 2 aromatic rings. The Bertz CT molecular complexity index is 712. The van der Waals surface area contributed by atoms with E-state index in [-0.39, 0.29) is 11.9 Å². The standard InChI is InChI=1S/C22H27NO3/c1-2-25-18-12-14-19(15-13-18)26-16-6-11-22(24)23-21-10-5-8-17-7-3-4-9-20(17)21/h3-4,7,9,12-15,21H,2,5-6,8,10-11,16H2,1H3,(H,23,24)/t21-/m0/s1. The van der Waals surface area contributed by atoms with E-state index >= 15 is 0 Å². The molecule has 0 saturated heterocycles.